The van der Waals surface area contributed by atoms with Crippen LogP contribution in [0, 0.1) is 12.3 Å². The molecule has 2 heterocycles. The number of likely N-dealkylation sites (tertiary alicyclic amines) is 1. The molecule has 0 atom stereocenters. The summed E-state index contributed by atoms with van der Waals surface area (Å²) in [6.45, 7) is 9.48. The minimum atomic E-state index is -0.439. The highest BCUT2D eigenvalue weighted by Gasteiger charge is 2.44. The number of rotatable bonds is 3. The second kappa shape index (κ2) is 7.79. The molecule has 0 unspecified atom stereocenters. The first-order valence-corrected chi connectivity index (χ1v) is 12.0. The van der Waals surface area contributed by atoms with Crippen molar-refractivity contribution in [1.82, 2.24) is 10.1 Å². The molecule has 32 heavy (non-hydrogen) atoms. The molecule has 1 saturated heterocycles. The summed E-state index contributed by atoms with van der Waals surface area (Å²) in [6, 6.07) is 8.41. The molecule has 0 radical (unpaired) electrons. The van der Waals surface area contributed by atoms with Gasteiger partial charge in [0.2, 0.25) is 0 Å². The van der Waals surface area contributed by atoms with Crippen molar-refractivity contribution in [1.29, 1.82) is 0 Å². The smallest absolute Gasteiger partial charge is 0.410 e. The maximum absolute atomic E-state index is 12.4. The highest BCUT2D eigenvalue weighted by atomic mass is 16.6. The fourth-order valence-electron chi connectivity index (χ4n) is 5.18. The molecule has 5 nitrogen and oxygen atoms in total. The molecule has 2 aliphatic carbocycles. The molecule has 1 amide bonds. The third kappa shape index (κ3) is 4.22. The van der Waals surface area contributed by atoms with E-state index in [1.165, 1.54) is 29.5 Å². The van der Waals surface area contributed by atoms with E-state index < -0.39 is 5.60 Å². The van der Waals surface area contributed by atoms with Crippen molar-refractivity contribution < 1.29 is 14.1 Å². The van der Waals surface area contributed by atoms with Gasteiger partial charge in [-0.15, -0.1) is 0 Å². The van der Waals surface area contributed by atoms with Crippen LogP contribution in [0.1, 0.15) is 82.1 Å². The van der Waals surface area contributed by atoms with E-state index in [2.05, 4.69) is 42.4 Å². The van der Waals surface area contributed by atoms with Crippen molar-refractivity contribution in [3.8, 4) is 11.3 Å². The normalized spacial score (nSPS) is 20.2. The van der Waals surface area contributed by atoms with E-state index in [0.29, 0.717) is 11.3 Å². The predicted molar refractivity (Wildman–Crippen MR) is 125 cm³/mol. The Balaban J connectivity index is 1.29. The molecule has 2 saturated carbocycles. The Bertz CT molecular complexity index is 1040. The SMILES string of the molecule is Cc1ccccc1-c1noc(C2CC2)c1C=C1CC2(CCN(C(=O)OC(C)(C)C)CC2)C1. The molecule has 5 rings (SSSR count). The highest BCUT2D eigenvalue weighted by Crippen LogP contribution is 2.54. The van der Waals surface area contributed by atoms with E-state index in [-0.39, 0.29) is 6.09 Å². The average Bonchev–Trinajstić information content (AvgIpc) is 3.47. The maximum atomic E-state index is 12.4. The van der Waals surface area contributed by atoms with Crippen molar-refractivity contribution in [2.24, 2.45) is 5.41 Å². The van der Waals surface area contributed by atoms with Crippen molar-refractivity contribution >= 4 is 12.2 Å². The Morgan fingerprint density at radius 1 is 1.19 bits per heavy atom. The monoisotopic (exact) mass is 434 g/mol. The van der Waals surface area contributed by atoms with Gasteiger partial charge in [-0.2, -0.15) is 0 Å². The number of carbonyl (C=O) groups is 1. The van der Waals surface area contributed by atoms with Gasteiger partial charge in [-0.3, -0.25) is 0 Å². The first-order valence-electron chi connectivity index (χ1n) is 12.0. The van der Waals surface area contributed by atoms with Gasteiger partial charge in [-0.25, -0.2) is 4.79 Å². The summed E-state index contributed by atoms with van der Waals surface area (Å²) in [4.78, 5) is 14.3. The van der Waals surface area contributed by atoms with Crippen molar-refractivity contribution in [3.05, 3.63) is 46.7 Å². The molecule has 1 aromatic carbocycles. The zero-order valence-electron chi connectivity index (χ0n) is 19.7. The number of nitrogens with zero attached hydrogens (tertiary/aromatic N) is 2. The molecule has 170 valence electrons. The van der Waals surface area contributed by atoms with Crippen LogP contribution >= 0.6 is 0 Å². The third-order valence-electron chi connectivity index (χ3n) is 7.13. The fraction of sp³-hybridized carbons (Fsp3) is 0.556. The molecule has 5 heteroatoms. The Morgan fingerprint density at radius 3 is 2.50 bits per heavy atom. The number of allylic oxidation sites excluding steroid dienone is 1. The molecule has 0 bridgehead atoms. The molecule has 3 fully saturated rings. The van der Waals surface area contributed by atoms with E-state index in [0.717, 1.165) is 55.8 Å². The second-order valence-corrected chi connectivity index (χ2v) is 11.0. The Kier molecular flexibility index (Phi) is 5.18. The number of piperidine rings is 1. The van der Waals surface area contributed by atoms with Crippen LogP contribution in [0.5, 0.6) is 0 Å². The molecule has 2 aromatic rings. The number of hydrogen-bond acceptors (Lipinski definition) is 4. The van der Waals surface area contributed by atoms with Crippen molar-refractivity contribution in [3.63, 3.8) is 0 Å². The number of aromatic nitrogens is 1. The minimum Gasteiger partial charge on any atom is -0.444 e. The van der Waals surface area contributed by atoms with Crippen LogP contribution in [0.3, 0.4) is 0 Å². The van der Waals surface area contributed by atoms with Crippen molar-refractivity contribution in [2.75, 3.05) is 13.1 Å². The molecule has 0 N–H and O–H groups in total. The summed E-state index contributed by atoms with van der Waals surface area (Å²) >= 11 is 0. The summed E-state index contributed by atoms with van der Waals surface area (Å²) in [7, 11) is 0. The summed E-state index contributed by atoms with van der Waals surface area (Å²) < 4.78 is 11.4. The van der Waals surface area contributed by atoms with E-state index in [1.807, 2.05) is 25.7 Å². The molecule has 1 aliphatic heterocycles. The first kappa shape index (κ1) is 21.3. The van der Waals surface area contributed by atoms with E-state index in [9.17, 15) is 4.79 Å². The lowest BCUT2D eigenvalue weighted by atomic mass is 9.60. The van der Waals surface area contributed by atoms with Gasteiger partial charge in [0, 0.05) is 30.1 Å². The lowest BCUT2D eigenvalue weighted by Crippen LogP contribution is -2.47. The fourth-order valence-corrected chi connectivity index (χ4v) is 5.18. The van der Waals surface area contributed by atoms with Gasteiger partial charge in [0.05, 0.1) is 0 Å². The lowest BCUT2D eigenvalue weighted by molar-refractivity contribution is 0.00448. The van der Waals surface area contributed by atoms with E-state index >= 15 is 0 Å². The summed E-state index contributed by atoms with van der Waals surface area (Å²) in [5.41, 5.74) is 5.94. The Morgan fingerprint density at radius 2 is 1.88 bits per heavy atom. The van der Waals surface area contributed by atoms with Crippen LogP contribution in [0.4, 0.5) is 4.79 Å². The summed E-state index contributed by atoms with van der Waals surface area (Å²) in [6.07, 6.45) is 8.89. The number of aryl methyl sites for hydroxylation is 1. The zero-order chi connectivity index (χ0) is 22.5. The van der Waals surface area contributed by atoms with Gasteiger partial charge in [-0.05, 0) is 83.3 Å². The highest BCUT2D eigenvalue weighted by molar-refractivity contribution is 5.76. The third-order valence-corrected chi connectivity index (χ3v) is 7.13. The molecule has 3 aliphatic rings. The number of hydrogen-bond donors (Lipinski definition) is 0. The van der Waals surface area contributed by atoms with E-state index in [4.69, 9.17) is 9.26 Å². The van der Waals surface area contributed by atoms with Crippen LogP contribution in [0.15, 0.2) is 34.4 Å². The quantitative estimate of drug-likeness (QED) is 0.538. The lowest BCUT2D eigenvalue weighted by Gasteiger charge is -2.49. The number of benzene rings is 1. The summed E-state index contributed by atoms with van der Waals surface area (Å²) in [5, 5.41) is 4.50. The van der Waals surface area contributed by atoms with E-state index in [1.54, 1.807) is 0 Å². The van der Waals surface area contributed by atoms with Crippen molar-refractivity contribution in [2.45, 2.75) is 77.7 Å². The topological polar surface area (TPSA) is 55.6 Å². The van der Waals surface area contributed by atoms with Gasteiger partial charge in [0.1, 0.15) is 17.1 Å². The van der Waals surface area contributed by atoms with Gasteiger partial charge in [-0.1, -0.05) is 35.0 Å². The van der Waals surface area contributed by atoms with Crippen LogP contribution in [-0.4, -0.2) is 34.8 Å². The number of carbonyl (C=O) groups excluding carboxylic acids is 1. The first-order chi connectivity index (χ1) is 15.2. The summed E-state index contributed by atoms with van der Waals surface area (Å²) in [5.74, 6) is 1.59. The van der Waals surface area contributed by atoms with Gasteiger partial charge >= 0.3 is 6.09 Å². The van der Waals surface area contributed by atoms with Gasteiger partial charge < -0.3 is 14.2 Å². The molecular weight excluding hydrogens is 400 g/mol. The van der Waals surface area contributed by atoms with Crippen LogP contribution in [-0.2, 0) is 4.74 Å². The van der Waals surface area contributed by atoms with Crippen LogP contribution < -0.4 is 0 Å². The van der Waals surface area contributed by atoms with Gasteiger partial charge in [0.15, 0.2) is 0 Å². The molecular formula is C27H34N2O3. The van der Waals surface area contributed by atoms with Crippen LogP contribution in [0.2, 0.25) is 0 Å². The number of amides is 1. The standard InChI is InChI=1S/C27H34N2O3/c1-18-7-5-6-8-21(18)23-22(24(32-28-23)20-9-10-20)15-19-16-27(17-19)11-13-29(14-12-27)25(30)31-26(2,3)4/h5-8,15,20H,9-14,16-17H2,1-4H3. The molecule has 1 aromatic heterocycles. The predicted octanol–water partition coefficient (Wildman–Crippen LogP) is 6.72. The zero-order valence-corrected chi connectivity index (χ0v) is 19.7. The van der Waals surface area contributed by atoms with Gasteiger partial charge in [0.25, 0.3) is 0 Å². The largest absolute Gasteiger partial charge is 0.444 e. The number of ether oxygens (including phenoxy) is 1. The minimum absolute atomic E-state index is 0.177. The Labute approximate surface area is 190 Å². The molecule has 1 spiro atoms. The maximum Gasteiger partial charge on any atom is 0.410 e. The second-order valence-electron chi connectivity index (χ2n) is 11.0. The van der Waals surface area contributed by atoms with Crippen LogP contribution in [0.25, 0.3) is 17.3 Å². The average molecular weight is 435 g/mol. The Hall–Kier alpha value is -2.56.